The number of amides is 1. The molecular weight excluding hydrogens is 348 g/mol. The predicted molar refractivity (Wildman–Crippen MR) is 101 cm³/mol. The fourth-order valence-electron chi connectivity index (χ4n) is 2.43. The Kier molecular flexibility index (Phi) is 9.36. The number of hydrogen-bond acceptors (Lipinski definition) is 6. The molecule has 7 nitrogen and oxygen atoms in total. The summed E-state index contributed by atoms with van der Waals surface area (Å²) in [4.78, 5) is 40.7. The molecule has 0 aliphatic carbocycles. The quantitative estimate of drug-likeness (QED) is 0.449. The van der Waals surface area contributed by atoms with E-state index in [2.05, 4.69) is 16.9 Å². The van der Waals surface area contributed by atoms with Crippen LogP contribution in [0.5, 0.6) is 0 Å². The van der Waals surface area contributed by atoms with Gasteiger partial charge in [0, 0.05) is 12.6 Å². The highest BCUT2D eigenvalue weighted by Crippen LogP contribution is 2.17. The number of nitrogens with zero attached hydrogens (tertiary/aromatic N) is 1. The third-order valence-electron chi connectivity index (χ3n) is 4.16. The zero-order chi connectivity index (χ0) is 20.4. The summed E-state index contributed by atoms with van der Waals surface area (Å²) in [5.41, 5.74) is 1.22. The van der Waals surface area contributed by atoms with Crippen LogP contribution in [0.1, 0.15) is 38.4 Å². The summed E-state index contributed by atoms with van der Waals surface area (Å²) >= 11 is 0. The third-order valence-corrected chi connectivity index (χ3v) is 4.16. The fourth-order valence-corrected chi connectivity index (χ4v) is 2.43. The number of rotatable bonds is 11. The molecule has 27 heavy (non-hydrogen) atoms. The molecule has 0 radical (unpaired) electrons. The fraction of sp³-hybridized carbons (Fsp3) is 0.500. The average Bonchev–Trinajstić information content (AvgIpc) is 2.64. The lowest BCUT2D eigenvalue weighted by molar-refractivity contribution is -0.146. The van der Waals surface area contributed by atoms with E-state index in [1.54, 1.807) is 19.1 Å². The highest BCUT2D eigenvalue weighted by Gasteiger charge is 2.28. The predicted octanol–water partition coefficient (Wildman–Crippen LogP) is 1.58. The van der Waals surface area contributed by atoms with Gasteiger partial charge in [0.15, 0.2) is 5.78 Å². The van der Waals surface area contributed by atoms with Gasteiger partial charge in [0.25, 0.3) is 0 Å². The van der Waals surface area contributed by atoms with Crippen molar-refractivity contribution in [2.45, 2.75) is 46.3 Å². The van der Waals surface area contributed by atoms with E-state index >= 15 is 0 Å². The van der Waals surface area contributed by atoms with Gasteiger partial charge in [-0.1, -0.05) is 32.6 Å². The van der Waals surface area contributed by atoms with Crippen molar-refractivity contribution in [2.24, 2.45) is 11.8 Å². The van der Waals surface area contributed by atoms with E-state index in [-0.39, 0.29) is 43.7 Å². The lowest BCUT2D eigenvalue weighted by Gasteiger charge is -2.22. The molecule has 1 aromatic heterocycles. The first-order valence-corrected chi connectivity index (χ1v) is 8.92. The van der Waals surface area contributed by atoms with Crippen molar-refractivity contribution in [1.82, 2.24) is 10.3 Å². The van der Waals surface area contributed by atoms with Gasteiger partial charge in [0.05, 0.1) is 30.7 Å². The maximum atomic E-state index is 12.5. The van der Waals surface area contributed by atoms with Crippen LogP contribution < -0.4 is 5.32 Å². The average molecular weight is 376 g/mol. The van der Waals surface area contributed by atoms with Gasteiger partial charge in [-0.3, -0.25) is 19.4 Å². The number of carbonyl (C=O) groups is 3. The van der Waals surface area contributed by atoms with E-state index in [9.17, 15) is 14.4 Å². The van der Waals surface area contributed by atoms with E-state index in [1.165, 1.54) is 12.3 Å². The monoisotopic (exact) mass is 376 g/mol. The second kappa shape index (κ2) is 11.2. The Morgan fingerprint density at radius 3 is 2.52 bits per heavy atom. The number of Topliss-reactive ketones (excluding diaryl/α,β-unsaturated/α-hetero) is 1. The summed E-state index contributed by atoms with van der Waals surface area (Å²) in [7, 11) is 0. The van der Waals surface area contributed by atoms with Gasteiger partial charge >= 0.3 is 5.97 Å². The summed E-state index contributed by atoms with van der Waals surface area (Å²) < 4.78 is 4.94. The van der Waals surface area contributed by atoms with E-state index in [0.717, 1.165) is 0 Å². The maximum Gasteiger partial charge on any atom is 0.306 e. The highest BCUT2D eigenvalue weighted by molar-refractivity contribution is 5.91. The van der Waals surface area contributed by atoms with Crippen LogP contribution in [0.15, 0.2) is 31.0 Å². The first-order valence-electron chi connectivity index (χ1n) is 8.92. The summed E-state index contributed by atoms with van der Waals surface area (Å²) in [6, 6.07) is 2.67. The molecule has 0 bridgehead atoms. The Hall–Kier alpha value is -2.54. The Labute approximate surface area is 159 Å². The van der Waals surface area contributed by atoms with Crippen LogP contribution in [0.3, 0.4) is 0 Å². The SMILES string of the molecule is C=CCOC(=O)C[C@H](C(=O)N[C@@H](C)C(=O)Cc1ccc(CO)nc1)C(C)C. The van der Waals surface area contributed by atoms with Crippen molar-refractivity contribution in [3.8, 4) is 0 Å². The molecule has 2 N–H and O–H groups in total. The van der Waals surface area contributed by atoms with E-state index in [0.29, 0.717) is 11.3 Å². The summed E-state index contributed by atoms with van der Waals surface area (Å²) in [5, 5.41) is 11.7. The van der Waals surface area contributed by atoms with Crippen molar-refractivity contribution in [2.75, 3.05) is 6.61 Å². The number of nitrogens with one attached hydrogen (secondary N) is 1. The molecule has 148 valence electrons. The minimum absolute atomic E-state index is 0.0508. The molecule has 1 aromatic rings. The molecule has 1 heterocycles. The van der Waals surface area contributed by atoms with Gasteiger partial charge < -0.3 is 15.2 Å². The normalized spacial score (nSPS) is 12.9. The van der Waals surface area contributed by atoms with Crippen LogP contribution in [0, 0.1) is 11.8 Å². The molecule has 7 heteroatoms. The number of aliphatic hydroxyl groups excluding tert-OH is 1. The summed E-state index contributed by atoms with van der Waals surface area (Å²) in [6.07, 6.45) is 3.06. The van der Waals surface area contributed by atoms with Crippen LogP contribution in [0.25, 0.3) is 0 Å². The lowest BCUT2D eigenvalue weighted by Crippen LogP contribution is -2.44. The molecule has 0 spiro atoms. The molecule has 0 unspecified atom stereocenters. The second-order valence-electron chi connectivity index (χ2n) is 6.72. The Bertz CT molecular complexity index is 655. The minimum Gasteiger partial charge on any atom is -0.461 e. The van der Waals surface area contributed by atoms with Crippen LogP contribution in [0.4, 0.5) is 0 Å². The standard InChI is InChI=1S/C20H28N2O5/c1-5-8-27-19(25)10-17(13(2)3)20(26)22-14(4)18(24)9-15-6-7-16(12-23)21-11-15/h5-7,11,13-14,17,23H,1,8-10,12H2,2-4H3,(H,22,26)/t14-,17-/m0/s1. The zero-order valence-corrected chi connectivity index (χ0v) is 16.1. The van der Waals surface area contributed by atoms with Gasteiger partial charge in [-0.15, -0.1) is 0 Å². The number of aromatic nitrogens is 1. The van der Waals surface area contributed by atoms with Gasteiger partial charge in [0.2, 0.25) is 5.91 Å². The number of aliphatic hydroxyl groups is 1. The Morgan fingerprint density at radius 1 is 1.30 bits per heavy atom. The molecule has 0 aliphatic rings. The smallest absolute Gasteiger partial charge is 0.306 e. The van der Waals surface area contributed by atoms with Crippen LogP contribution in [-0.2, 0) is 32.1 Å². The second-order valence-corrected chi connectivity index (χ2v) is 6.72. The van der Waals surface area contributed by atoms with Gasteiger partial charge in [-0.2, -0.15) is 0 Å². The molecule has 2 atom stereocenters. The first kappa shape index (κ1) is 22.5. The lowest BCUT2D eigenvalue weighted by atomic mass is 9.91. The molecule has 1 rings (SSSR count). The van der Waals surface area contributed by atoms with Crippen molar-refractivity contribution in [3.05, 3.63) is 42.2 Å². The Morgan fingerprint density at radius 2 is 2.00 bits per heavy atom. The molecule has 0 saturated heterocycles. The van der Waals surface area contributed by atoms with Crippen molar-refractivity contribution in [1.29, 1.82) is 0 Å². The summed E-state index contributed by atoms with van der Waals surface area (Å²) in [6.45, 7) is 8.71. The van der Waals surface area contributed by atoms with E-state index in [1.807, 2.05) is 13.8 Å². The van der Waals surface area contributed by atoms with E-state index in [4.69, 9.17) is 9.84 Å². The van der Waals surface area contributed by atoms with Gasteiger partial charge in [-0.05, 0) is 24.5 Å². The third kappa shape index (κ3) is 7.70. The highest BCUT2D eigenvalue weighted by atomic mass is 16.5. The number of esters is 1. The topological polar surface area (TPSA) is 106 Å². The Balaban J connectivity index is 2.63. The molecule has 0 aliphatic heterocycles. The molecule has 1 amide bonds. The number of pyridine rings is 1. The first-order chi connectivity index (χ1) is 12.8. The number of carbonyl (C=O) groups excluding carboxylic acids is 3. The number of hydrogen-bond donors (Lipinski definition) is 2. The van der Waals surface area contributed by atoms with Crippen LogP contribution in [-0.4, -0.2) is 40.4 Å². The van der Waals surface area contributed by atoms with Crippen molar-refractivity contribution in [3.63, 3.8) is 0 Å². The molecule has 0 fully saturated rings. The minimum atomic E-state index is -0.694. The number of ketones is 1. The van der Waals surface area contributed by atoms with E-state index < -0.39 is 17.9 Å². The van der Waals surface area contributed by atoms with Crippen molar-refractivity contribution >= 4 is 17.7 Å². The van der Waals surface area contributed by atoms with Gasteiger partial charge in [0.1, 0.15) is 6.61 Å². The van der Waals surface area contributed by atoms with Crippen LogP contribution in [0.2, 0.25) is 0 Å². The van der Waals surface area contributed by atoms with Crippen molar-refractivity contribution < 1.29 is 24.2 Å². The molecular formula is C20H28N2O5. The summed E-state index contributed by atoms with van der Waals surface area (Å²) in [5.74, 6) is -1.66. The number of ether oxygens (including phenoxy) is 1. The van der Waals surface area contributed by atoms with Crippen LogP contribution >= 0.6 is 0 Å². The largest absolute Gasteiger partial charge is 0.461 e. The maximum absolute atomic E-state index is 12.5. The van der Waals surface area contributed by atoms with Gasteiger partial charge in [-0.25, -0.2) is 0 Å². The zero-order valence-electron chi connectivity index (χ0n) is 16.1. The molecule has 0 saturated carbocycles. The molecule has 0 aromatic carbocycles.